The van der Waals surface area contributed by atoms with Crippen molar-refractivity contribution < 1.29 is 28.9 Å². The predicted molar refractivity (Wildman–Crippen MR) is 155 cm³/mol. The molecular formula is C32H27N5O6. The molecule has 1 saturated heterocycles. The normalized spacial score (nSPS) is 18.7. The van der Waals surface area contributed by atoms with Crippen molar-refractivity contribution in [1.29, 1.82) is 0 Å². The summed E-state index contributed by atoms with van der Waals surface area (Å²) in [5.74, 6) is -0.0692. The molecule has 1 aliphatic heterocycles. The van der Waals surface area contributed by atoms with Gasteiger partial charge < -0.3 is 24.6 Å². The van der Waals surface area contributed by atoms with Crippen LogP contribution < -0.4 is 5.32 Å². The third-order valence-electron chi connectivity index (χ3n) is 7.80. The maximum Gasteiger partial charge on any atom is 0.508 e. The number of imidazole rings is 1. The first-order valence-electron chi connectivity index (χ1n) is 13.9. The number of rotatable bonds is 7. The number of fused-ring (bicyclic) bond motifs is 4. The maximum absolute atomic E-state index is 12.6. The summed E-state index contributed by atoms with van der Waals surface area (Å²) in [5.41, 5.74) is 6.97. The highest BCUT2D eigenvalue weighted by Gasteiger charge is 2.37. The van der Waals surface area contributed by atoms with Crippen LogP contribution in [0.5, 0.6) is 0 Å². The summed E-state index contributed by atoms with van der Waals surface area (Å²) < 4.78 is 18.4. The van der Waals surface area contributed by atoms with Crippen LogP contribution in [0.2, 0.25) is 0 Å². The van der Waals surface area contributed by atoms with Gasteiger partial charge >= 0.3 is 6.16 Å². The van der Waals surface area contributed by atoms with E-state index in [1.54, 1.807) is 28.8 Å². The summed E-state index contributed by atoms with van der Waals surface area (Å²) in [7, 11) is 0. The maximum atomic E-state index is 12.6. The number of amides is 1. The first-order valence-corrected chi connectivity index (χ1v) is 13.9. The zero-order valence-corrected chi connectivity index (χ0v) is 22.9. The molecule has 1 fully saturated rings. The summed E-state index contributed by atoms with van der Waals surface area (Å²) in [6.07, 6.45) is 0.721. The average Bonchev–Trinajstić information content (AvgIpc) is 3.74. The van der Waals surface area contributed by atoms with Crippen molar-refractivity contribution in [2.75, 3.05) is 11.9 Å². The van der Waals surface area contributed by atoms with E-state index in [1.165, 1.54) is 23.8 Å². The second-order valence-corrected chi connectivity index (χ2v) is 10.4. The molecule has 7 rings (SSSR count). The molecule has 1 aliphatic carbocycles. The van der Waals surface area contributed by atoms with E-state index in [0.717, 1.165) is 23.1 Å². The van der Waals surface area contributed by atoms with Gasteiger partial charge in [-0.05, 0) is 46.4 Å². The van der Waals surface area contributed by atoms with Gasteiger partial charge in [-0.15, -0.1) is 0 Å². The number of carbonyl (C=O) groups is 2. The lowest BCUT2D eigenvalue weighted by Gasteiger charge is -2.16. The van der Waals surface area contributed by atoms with Gasteiger partial charge in [-0.2, -0.15) is 0 Å². The lowest BCUT2D eigenvalue weighted by molar-refractivity contribution is -0.0575. The van der Waals surface area contributed by atoms with Crippen LogP contribution in [-0.2, 0) is 27.2 Å². The van der Waals surface area contributed by atoms with E-state index in [4.69, 9.17) is 14.2 Å². The second-order valence-electron chi connectivity index (χ2n) is 10.4. The molecule has 5 aromatic rings. The molecule has 0 bridgehead atoms. The van der Waals surface area contributed by atoms with Gasteiger partial charge in [0, 0.05) is 12.0 Å². The Kier molecular flexibility index (Phi) is 7.01. The van der Waals surface area contributed by atoms with Crippen LogP contribution in [0.15, 0.2) is 85.5 Å². The Balaban J connectivity index is 0.962. The van der Waals surface area contributed by atoms with Gasteiger partial charge in [-0.3, -0.25) is 9.36 Å². The predicted octanol–water partition coefficient (Wildman–Crippen LogP) is 4.65. The van der Waals surface area contributed by atoms with Gasteiger partial charge in [0.25, 0.3) is 5.91 Å². The van der Waals surface area contributed by atoms with E-state index < -0.39 is 24.6 Å². The van der Waals surface area contributed by atoms with E-state index in [9.17, 15) is 14.7 Å². The second kappa shape index (κ2) is 11.3. The fourth-order valence-corrected chi connectivity index (χ4v) is 5.65. The lowest BCUT2D eigenvalue weighted by Crippen LogP contribution is -2.28. The number of aromatic nitrogens is 4. The molecule has 11 heteroatoms. The molecule has 2 aliphatic rings. The summed E-state index contributed by atoms with van der Waals surface area (Å²) in [6, 6.07) is 23.0. The first-order chi connectivity index (χ1) is 21.0. The molecular weight excluding hydrogens is 550 g/mol. The third-order valence-corrected chi connectivity index (χ3v) is 7.80. The van der Waals surface area contributed by atoms with Gasteiger partial charge in [0.2, 0.25) is 0 Å². The van der Waals surface area contributed by atoms with E-state index >= 15 is 0 Å². The molecule has 2 N–H and O–H groups in total. The molecule has 0 radical (unpaired) electrons. The summed E-state index contributed by atoms with van der Waals surface area (Å²) in [4.78, 5) is 38.0. The summed E-state index contributed by atoms with van der Waals surface area (Å²) in [5, 5.41) is 13.4. The quantitative estimate of drug-likeness (QED) is 0.260. The van der Waals surface area contributed by atoms with Crippen molar-refractivity contribution in [3.05, 3.63) is 108 Å². The summed E-state index contributed by atoms with van der Waals surface area (Å²) in [6.45, 7) is -0.106. The minimum atomic E-state index is -0.898. The number of carbonyl (C=O) groups excluding carboxylic acids is 2. The number of ether oxygens (including phenoxy) is 3. The largest absolute Gasteiger partial charge is 0.508 e. The minimum absolute atomic E-state index is 0.0799. The molecule has 3 aromatic carbocycles. The van der Waals surface area contributed by atoms with E-state index in [2.05, 4.69) is 38.5 Å². The van der Waals surface area contributed by atoms with Crippen LogP contribution in [0.25, 0.3) is 22.3 Å². The van der Waals surface area contributed by atoms with Crippen molar-refractivity contribution in [2.45, 2.75) is 37.9 Å². The Morgan fingerprint density at radius 1 is 0.953 bits per heavy atom. The highest BCUT2D eigenvalue weighted by Crippen LogP contribution is 2.38. The number of hydrogen-bond acceptors (Lipinski definition) is 9. The Hall–Kier alpha value is -5.13. The number of anilines is 1. The smallest absolute Gasteiger partial charge is 0.431 e. The van der Waals surface area contributed by atoms with Gasteiger partial charge in [0.15, 0.2) is 17.0 Å². The Labute approximate surface area is 246 Å². The topological polar surface area (TPSA) is 138 Å². The van der Waals surface area contributed by atoms with Crippen LogP contribution in [0, 0.1) is 0 Å². The van der Waals surface area contributed by atoms with Crippen molar-refractivity contribution in [3.8, 4) is 11.1 Å². The van der Waals surface area contributed by atoms with Gasteiger partial charge in [-0.25, -0.2) is 19.7 Å². The van der Waals surface area contributed by atoms with Crippen LogP contribution in [-0.4, -0.2) is 55.5 Å². The number of benzene rings is 3. The number of nitrogens with one attached hydrogen (secondary N) is 1. The molecule has 0 saturated carbocycles. The van der Waals surface area contributed by atoms with Gasteiger partial charge in [0.1, 0.15) is 31.9 Å². The molecule has 1 amide bonds. The van der Waals surface area contributed by atoms with Crippen molar-refractivity contribution >= 4 is 29.0 Å². The lowest BCUT2D eigenvalue weighted by atomic mass is 10.0. The fraction of sp³-hybridized carbons (Fsp3) is 0.219. The average molecular weight is 578 g/mol. The number of hydrogen-bond donors (Lipinski definition) is 2. The SMILES string of the molecule is O=C(OCc1cccc2c1Cc1ccccc1-2)OC[C@H]1O[C@@H](n2cnc3c(NC(=O)c4ccccc4)ncnc32)CC1O. The van der Waals surface area contributed by atoms with E-state index in [-0.39, 0.29) is 31.4 Å². The Morgan fingerprint density at radius 3 is 2.65 bits per heavy atom. The van der Waals surface area contributed by atoms with E-state index in [0.29, 0.717) is 16.7 Å². The molecule has 3 heterocycles. The first kappa shape index (κ1) is 26.7. The van der Waals surface area contributed by atoms with Gasteiger partial charge in [0.05, 0.1) is 12.4 Å². The van der Waals surface area contributed by atoms with Gasteiger partial charge in [-0.1, -0.05) is 60.7 Å². The molecule has 3 atom stereocenters. The van der Waals surface area contributed by atoms with Crippen LogP contribution in [0.4, 0.5) is 10.6 Å². The molecule has 216 valence electrons. The molecule has 2 aromatic heterocycles. The molecule has 43 heavy (non-hydrogen) atoms. The highest BCUT2D eigenvalue weighted by molar-refractivity contribution is 6.06. The number of aliphatic hydroxyl groups is 1. The number of aliphatic hydroxyl groups excluding tert-OH is 1. The minimum Gasteiger partial charge on any atom is -0.431 e. The monoisotopic (exact) mass is 577 g/mol. The van der Waals surface area contributed by atoms with Crippen LogP contribution in [0.1, 0.15) is 39.7 Å². The highest BCUT2D eigenvalue weighted by atomic mass is 16.7. The fourth-order valence-electron chi connectivity index (χ4n) is 5.65. The van der Waals surface area contributed by atoms with Crippen LogP contribution in [0.3, 0.4) is 0 Å². The standard InChI is InChI=1S/C32H27N5O6/c38-25-14-27(37-18-35-28-29(33-17-34-30(28)37)36-31(39)19-7-2-1-3-8-19)43-26(25)16-42-32(40)41-15-21-10-6-12-23-22-11-5-4-9-20(22)13-24(21)23/h1-12,17-18,25-27,38H,13-16H2,(H,33,34,36,39)/t25?,26-,27-/m1/s1. The third kappa shape index (κ3) is 5.20. The Morgan fingerprint density at radius 2 is 1.77 bits per heavy atom. The molecule has 1 unspecified atom stereocenters. The molecule has 11 nitrogen and oxygen atoms in total. The van der Waals surface area contributed by atoms with Crippen molar-refractivity contribution in [2.24, 2.45) is 0 Å². The van der Waals surface area contributed by atoms with Crippen molar-refractivity contribution in [3.63, 3.8) is 0 Å². The summed E-state index contributed by atoms with van der Waals surface area (Å²) >= 11 is 0. The zero-order valence-electron chi connectivity index (χ0n) is 22.9. The van der Waals surface area contributed by atoms with Crippen molar-refractivity contribution in [1.82, 2.24) is 19.5 Å². The van der Waals surface area contributed by atoms with E-state index in [1.807, 2.05) is 30.3 Å². The van der Waals surface area contributed by atoms with Crippen LogP contribution >= 0.6 is 0 Å². The Bertz CT molecular complexity index is 1820. The zero-order chi connectivity index (χ0) is 29.3. The molecule has 0 spiro atoms. The number of nitrogens with zero attached hydrogens (tertiary/aromatic N) is 4.